The number of pyridine rings is 1. The molecule has 3 N–H and O–H groups in total. The third-order valence-electron chi connectivity index (χ3n) is 4.76. The molecule has 31 heavy (non-hydrogen) atoms. The zero-order valence-electron chi connectivity index (χ0n) is 16.3. The molecule has 4 rings (SSSR count). The highest BCUT2D eigenvalue weighted by Gasteiger charge is 2.22. The number of hydrogen-bond donors (Lipinski definition) is 3. The van der Waals surface area contributed by atoms with Crippen LogP contribution in [0, 0.1) is 0 Å². The van der Waals surface area contributed by atoms with Crippen LogP contribution in [-0.4, -0.2) is 34.8 Å². The van der Waals surface area contributed by atoms with Gasteiger partial charge in [-0.15, -0.1) is 11.8 Å². The van der Waals surface area contributed by atoms with Gasteiger partial charge in [-0.3, -0.25) is 14.5 Å². The van der Waals surface area contributed by atoms with E-state index in [-0.39, 0.29) is 21.2 Å². The van der Waals surface area contributed by atoms with Crippen molar-refractivity contribution in [3.63, 3.8) is 0 Å². The molecule has 0 aliphatic heterocycles. The molecule has 158 valence electrons. The normalized spacial score (nSPS) is 12.7. The Labute approximate surface area is 182 Å². The first-order valence-corrected chi connectivity index (χ1v) is 11.6. The maximum atomic E-state index is 13.3. The van der Waals surface area contributed by atoms with Gasteiger partial charge in [-0.05, 0) is 25.1 Å². The summed E-state index contributed by atoms with van der Waals surface area (Å²) in [6, 6.07) is 16.6. The van der Waals surface area contributed by atoms with E-state index in [1.165, 1.54) is 25.3 Å². The molecule has 1 aromatic heterocycles. The first kappa shape index (κ1) is 21.0. The molecule has 0 bridgehead atoms. The number of aliphatic carboxylic acids is 1. The smallest absolute Gasteiger partial charge is 0.316 e. The number of para-hydroxylation sites is 1. The Morgan fingerprint density at radius 3 is 2.52 bits per heavy atom. The number of aromatic hydroxyl groups is 1. The summed E-state index contributed by atoms with van der Waals surface area (Å²) in [5.74, 6) is -1.13. The van der Waals surface area contributed by atoms with Gasteiger partial charge in [-0.2, -0.15) is 0 Å². The van der Waals surface area contributed by atoms with Gasteiger partial charge in [-0.25, -0.2) is 8.42 Å². The third kappa shape index (κ3) is 4.01. The van der Waals surface area contributed by atoms with Gasteiger partial charge < -0.3 is 10.2 Å². The van der Waals surface area contributed by atoms with E-state index in [4.69, 9.17) is 0 Å². The highest BCUT2D eigenvalue weighted by molar-refractivity contribution is 8.00. The van der Waals surface area contributed by atoms with Crippen LogP contribution >= 0.6 is 11.8 Å². The van der Waals surface area contributed by atoms with Crippen LogP contribution in [0.5, 0.6) is 5.75 Å². The molecule has 0 unspecified atom stereocenters. The van der Waals surface area contributed by atoms with E-state index in [0.29, 0.717) is 21.7 Å². The minimum Gasteiger partial charge on any atom is -0.506 e. The molecule has 3 aromatic carbocycles. The number of thioether (sulfide) groups is 1. The van der Waals surface area contributed by atoms with E-state index < -0.39 is 21.2 Å². The van der Waals surface area contributed by atoms with Crippen molar-refractivity contribution in [3.8, 4) is 5.75 Å². The highest BCUT2D eigenvalue weighted by atomic mass is 32.2. The van der Waals surface area contributed by atoms with E-state index in [9.17, 15) is 23.4 Å². The van der Waals surface area contributed by atoms with Crippen molar-refractivity contribution in [3.05, 3.63) is 66.9 Å². The minimum atomic E-state index is -4.03. The van der Waals surface area contributed by atoms with Crippen molar-refractivity contribution in [1.82, 2.24) is 4.98 Å². The molecule has 0 fully saturated rings. The molecule has 0 spiro atoms. The van der Waals surface area contributed by atoms with Crippen LogP contribution in [0.3, 0.4) is 0 Å². The molecule has 0 amide bonds. The molecule has 9 heteroatoms. The number of hydrogen-bond acceptors (Lipinski definition) is 6. The van der Waals surface area contributed by atoms with Crippen LogP contribution in [0.2, 0.25) is 0 Å². The first-order valence-electron chi connectivity index (χ1n) is 9.28. The van der Waals surface area contributed by atoms with Gasteiger partial charge in [0.05, 0.1) is 16.1 Å². The Bertz CT molecular complexity index is 1420. The van der Waals surface area contributed by atoms with Gasteiger partial charge in [-0.1, -0.05) is 42.5 Å². The number of nitrogens with one attached hydrogen (secondary N) is 1. The molecule has 1 atom stereocenters. The highest BCUT2D eigenvalue weighted by Crippen LogP contribution is 2.42. The number of carbonyl (C=O) groups is 1. The number of anilines is 1. The summed E-state index contributed by atoms with van der Waals surface area (Å²) in [5.41, 5.74) is 0.580. The Hall–Kier alpha value is -3.30. The van der Waals surface area contributed by atoms with Crippen molar-refractivity contribution in [1.29, 1.82) is 0 Å². The Balaban J connectivity index is 1.85. The fraction of sp³-hybridized carbons (Fsp3) is 0.0909. The third-order valence-corrected chi connectivity index (χ3v) is 7.28. The molecule has 7 nitrogen and oxygen atoms in total. The monoisotopic (exact) mass is 454 g/mol. The lowest BCUT2D eigenvalue weighted by Gasteiger charge is -2.16. The summed E-state index contributed by atoms with van der Waals surface area (Å²) in [5, 5.41) is 20.7. The molecule has 0 aliphatic carbocycles. The number of phenolic OH excluding ortho intramolecular Hbond substituents is 1. The average molecular weight is 455 g/mol. The molecular weight excluding hydrogens is 436 g/mol. The number of fused-ring (bicyclic) bond motifs is 2. The van der Waals surface area contributed by atoms with E-state index >= 15 is 0 Å². The number of carboxylic acid groups (broad SMARTS) is 1. The molecule has 0 radical (unpaired) electrons. The number of phenols is 1. The number of benzene rings is 3. The fourth-order valence-electron chi connectivity index (χ4n) is 3.24. The lowest BCUT2D eigenvalue weighted by Crippen LogP contribution is -2.14. The fourth-order valence-corrected chi connectivity index (χ4v) is 5.38. The second kappa shape index (κ2) is 8.09. The maximum Gasteiger partial charge on any atom is 0.316 e. The lowest BCUT2D eigenvalue weighted by molar-refractivity contribution is -0.136. The molecule has 0 saturated heterocycles. The summed E-state index contributed by atoms with van der Waals surface area (Å²) in [6.07, 6.45) is 1.53. The standard InChI is InChI=1S/C22H18N2O5S2/c1-13(22(26)27)30-18-12-17(15-8-2-3-9-16(15)21(18)25)24-31(28,29)19-10-4-6-14-7-5-11-23-20(14)19/h2-13,24-25H,1H3,(H,26,27)/t13-/m0/s1. The van der Waals surface area contributed by atoms with Crippen LogP contribution in [0.25, 0.3) is 21.7 Å². The first-order chi connectivity index (χ1) is 14.8. The zero-order chi connectivity index (χ0) is 22.2. The number of aromatic nitrogens is 1. The van der Waals surface area contributed by atoms with Gasteiger partial charge >= 0.3 is 5.97 Å². The molecule has 1 heterocycles. The zero-order valence-corrected chi connectivity index (χ0v) is 17.9. The van der Waals surface area contributed by atoms with Gasteiger partial charge in [0.15, 0.2) is 0 Å². The largest absolute Gasteiger partial charge is 0.506 e. The Morgan fingerprint density at radius 1 is 1.06 bits per heavy atom. The summed E-state index contributed by atoms with van der Waals surface area (Å²) in [6.45, 7) is 1.49. The van der Waals surface area contributed by atoms with Gasteiger partial charge in [0.1, 0.15) is 15.9 Å². The second-order valence-electron chi connectivity index (χ2n) is 6.85. The number of rotatable bonds is 6. The minimum absolute atomic E-state index is 0.0239. The van der Waals surface area contributed by atoms with Crippen molar-refractivity contribution in [2.75, 3.05) is 4.72 Å². The van der Waals surface area contributed by atoms with Crippen LogP contribution in [0.15, 0.2) is 76.7 Å². The summed E-state index contributed by atoms with van der Waals surface area (Å²) < 4.78 is 29.1. The molecular formula is C22H18N2O5S2. The van der Waals surface area contributed by atoms with Crippen LogP contribution in [0.4, 0.5) is 5.69 Å². The Morgan fingerprint density at radius 2 is 1.77 bits per heavy atom. The molecule has 4 aromatic rings. The topological polar surface area (TPSA) is 117 Å². The predicted molar refractivity (Wildman–Crippen MR) is 121 cm³/mol. The van der Waals surface area contributed by atoms with E-state index in [0.717, 1.165) is 11.8 Å². The van der Waals surface area contributed by atoms with Crippen molar-refractivity contribution < 1.29 is 23.4 Å². The van der Waals surface area contributed by atoms with E-state index in [2.05, 4.69) is 9.71 Å². The molecule has 0 aliphatic rings. The summed E-state index contributed by atoms with van der Waals surface area (Å²) >= 11 is 0.935. The predicted octanol–water partition coefficient (Wildman–Crippen LogP) is 4.46. The van der Waals surface area contributed by atoms with Crippen LogP contribution < -0.4 is 4.72 Å². The SMILES string of the molecule is C[C@H](Sc1cc(NS(=O)(=O)c2cccc3cccnc23)c2ccccc2c1O)C(=O)O. The van der Waals surface area contributed by atoms with Crippen LogP contribution in [-0.2, 0) is 14.8 Å². The quantitative estimate of drug-likeness (QED) is 0.291. The number of nitrogens with zero attached hydrogens (tertiary/aromatic N) is 1. The summed E-state index contributed by atoms with van der Waals surface area (Å²) in [4.78, 5) is 15.8. The van der Waals surface area contributed by atoms with E-state index in [1.54, 1.807) is 48.5 Å². The van der Waals surface area contributed by atoms with Crippen molar-refractivity contribution >= 4 is 55.1 Å². The van der Waals surface area contributed by atoms with Crippen molar-refractivity contribution in [2.24, 2.45) is 0 Å². The average Bonchev–Trinajstić information content (AvgIpc) is 2.76. The Kier molecular flexibility index (Phi) is 5.47. The second-order valence-corrected chi connectivity index (χ2v) is 9.89. The van der Waals surface area contributed by atoms with E-state index in [1.807, 2.05) is 0 Å². The maximum absolute atomic E-state index is 13.3. The lowest BCUT2D eigenvalue weighted by atomic mass is 10.1. The van der Waals surface area contributed by atoms with Gasteiger partial charge in [0.25, 0.3) is 10.0 Å². The van der Waals surface area contributed by atoms with Crippen LogP contribution in [0.1, 0.15) is 6.92 Å². The summed E-state index contributed by atoms with van der Waals surface area (Å²) in [7, 11) is -4.03. The number of sulfonamides is 1. The van der Waals surface area contributed by atoms with Crippen molar-refractivity contribution in [2.45, 2.75) is 22.0 Å². The molecule has 0 saturated carbocycles. The van der Waals surface area contributed by atoms with Gasteiger partial charge in [0.2, 0.25) is 0 Å². The van der Waals surface area contributed by atoms with Gasteiger partial charge in [0, 0.05) is 22.4 Å². The number of carboxylic acids is 1.